The van der Waals surface area contributed by atoms with E-state index in [1.54, 1.807) is 0 Å². The van der Waals surface area contributed by atoms with Crippen LogP contribution in [0.3, 0.4) is 0 Å². The Labute approximate surface area is 120 Å². The zero-order valence-corrected chi connectivity index (χ0v) is 12.2. The van der Waals surface area contributed by atoms with Crippen LogP contribution in [-0.2, 0) is 16.1 Å². The number of nitrogens with zero attached hydrogens (tertiary/aromatic N) is 2. The number of hydrogen-bond acceptors (Lipinski definition) is 3. The SMILES string of the molecule is CC(C)N1C[C@@H]2OCC(=O)N(Cc3ccccc3)[C@H]2C1. The quantitative estimate of drug-likeness (QED) is 0.837. The van der Waals surface area contributed by atoms with Crippen molar-refractivity contribution in [3.63, 3.8) is 0 Å². The van der Waals surface area contributed by atoms with Gasteiger partial charge in [-0.05, 0) is 19.4 Å². The van der Waals surface area contributed by atoms with Crippen LogP contribution < -0.4 is 0 Å². The van der Waals surface area contributed by atoms with Crippen molar-refractivity contribution in [3.8, 4) is 0 Å². The molecule has 2 heterocycles. The fraction of sp³-hybridized carbons (Fsp3) is 0.562. The molecule has 0 unspecified atom stereocenters. The highest BCUT2D eigenvalue weighted by molar-refractivity contribution is 5.78. The number of fused-ring (bicyclic) bond motifs is 1. The molecule has 0 saturated carbocycles. The van der Waals surface area contributed by atoms with Gasteiger partial charge >= 0.3 is 0 Å². The maximum Gasteiger partial charge on any atom is 0.249 e. The van der Waals surface area contributed by atoms with Gasteiger partial charge in [0.05, 0.1) is 12.1 Å². The minimum absolute atomic E-state index is 0.112. The Bertz CT molecular complexity index is 475. The van der Waals surface area contributed by atoms with E-state index in [-0.39, 0.29) is 24.7 Å². The Kier molecular flexibility index (Phi) is 3.76. The second-order valence-corrected chi connectivity index (χ2v) is 5.97. The molecule has 2 aliphatic rings. The summed E-state index contributed by atoms with van der Waals surface area (Å²) in [5, 5.41) is 0. The third kappa shape index (κ3) is 2.58. The third-order valence-corrected chi connectivity index (χ3v) is 4.33. The second kappa shape index (κ2) is 5.54. The van der Waals surface area contributed by atoms with E-state index in [1.807, 2.05) is 23.1 Å². The molecule has 2 fully saturated rings. The van der Waals surface area contributed by atoms with E-state index in [0.717, 1.165) is 13.1 Å². The van der Waals surface area contributed by atoms with Gasteiger partial charge in [0.2, 0.25) is 5.91 Å². The van der Waals surface area contributed by atoms with E-state index in [1.165, 1.54) is 5.56 Å². The van der Waals surface area contributed by atoms with E-state index in [2.05, 4.69) is 30.9 Å². The molecule has 0 aromatic heterocycles. The molecule has 0 N–H and O–H groups in total. The summed E-state index contributed by atoms with van der Waals surface area (Å²) in [5.74, 6) is 0.112. The highest BCUT2D eigenvalue weighted by atomic mass is 16.5. The molecule has 0 spiro atoms. The Morgan fingerprint density at radius 2 is 2.00 bits per heavy atom. The van der Waals surface area contributed by atoms with Crippen LogP contribution in [0.5, 0.6) is 0 Å². The molecule has 1 aromatic rings. The monoisotopic (exact) mass is 274 g/mol. The van der Waals surface area contributed by atoms with Crippen LogP contribution in [0.25, 0.3) is 0 Å². The predicted molar refractivity (Wildman–Crippen MR) is 77.2 cm³/mol. The summed E-state index contributed by atoms with van der Waals surface area (Å²) in [6, 6.07) is 10.9. The molecule has 0 aliphatic carbocycles. The Morgan fingerprint density at radius 3 is 2.70 bits per heavy atom. The smallest absolute Gasteiger partial charge is 0.249 e. The van der Waals surface area contributed by atoms with Gasteiger partial charge in [0.15, 0.2) is 0 Å². The molecule has 4 heteroatoms. The van der Waals surface area contributed by atoms with Gasteiger partial charge < -0.3 is 9.64 Å². The fourth-order valence-electron chi connectivity index (χ4n) is 3.10. The van der Waals surface area contributed by atoms with E-state index in [4.69, 9.17) is 4.74 Å². The van der Waals surface area contributed by atoms with Gasteiger partial charge in [0.25, 0.3) is 0 Å². The largest absolute Gasteiger partial charge is 0.365 e. The van der Waals surface area contributed by atoms with Crippen molar-refractivity contribution in [1.29, 1.82) is 0 Å². The highest BCUT2D eigenvalue weighted by Crippen LogP contribution is 2.26. The topological polar surface area (TPSA) is 32.8 Å². The normalized spacial score (nSPS) is 27.1. The molecular weight excluding hydrogens is 252 g/mol. The first-order chi connectivity index (χ1) is 9.65. The van der Waals surface area contributed by atoms with E-state index >= 15 is 0 Å². The summed E-state index contributed by atoms with van der Waals surface area (Å²) in [6.07, 6.45) is 0.166. The second-order valence-electron chi connectivity index (χ2n) is 5.97. The predicted octanol–water partition coefficient (Wildman–Crippen LogP) is 1.51. The zero-order chi connectivity index (χ0) is 14.1. The number of likely N-dealkylation sites (tertiary alicyclic amines) is 1. The Morgan fingerprint density at radius 1 is 1.25 bits per heavy atom. The molecule has 1 amide bonds. The number of ether oxygens (including phenoxy) is 1. The van der Waals surface area contributed by atoms with Gasteiger partial charge in [-0.2, -0.15) is 0 Å². The van der Waals surface area contributed by atoms with Gasteiger partial charge in [0, 0.05) is 25.7 Å². The van der Waals surface area contributed by atoms with Crippen molar-refractivity contribution in [2.24, 2.45) is 0 Å². The lowest BCUT2D eigenvalue weighted by Gasteiger charge is -2.36. The number of hydrogen-bond donors (Lipinski definition) is 0. The van der Waals surface area contributed by atoms with Crippen LogP contribution in [0.4, 0.5) is 0 Å². The zero-order valence-electron chi connectivity index (χ0n) is 12.2. The van der Waals surface area contributed by atoms with Crippen LogP contribution >= 0.6 is 0 Å². The lowest BCUT2D eigenvalue weighted by atomic mass is 10.1. The Balaban J connectivity index is 1.76. The average molecular weight is 274 g/mol. The summed E-state index contributed by atoms with van der Waals surface area (Å²) in [7, 11) is 0. The van der Waals surface area contributed by atoms with Crippen molar-refractivity contribution in [2.75, 3.05) is 19.7 Å². The number of amides is 1. The number of morpholine rings is 1. The minimum Gasteiger partial charge on any atom is -0.365 e. The molecule has 0 radical (unpaired) electrons. The fourth-order valence-corrected chi connectivity index (χ4v) is 3.10. The number of benzene rings is 1. The van der Waals surface area contributed by atoms with Gasteiger partial charge in [-0.25, -0.2) is 0 Å². The summed E-state index contributed by atoms with van der Waals surface area (Å²) >= 11 is 0. The molecule has 20 heavy (non-hydrogen) atoms. The molecule has 4 nitrogen and oxygen atoms in total. The molecule has 108 valence electrons. The third-order valence-electron chi connectivity index (χ3n) is 4.33. The molecule has 2 aliphatic heterocycles. The summed E-state index contributed by atoms with van der Waals surface area (Å²) in [5.41, 5.74) is 1.18. The van der Waals surface area contributed by atoms with Crippen LogP contribution in [-0.4, -0.2) is 53.6 Å². The molecule has 2 saturated heterocycles. The lowest BCUT2D eigenvalue weighted by Crippen LogP contribution is -2.53. The Hall–Kier alpha value is -1.39. The molecule has 1 aromatic carbocycles. The van der Waals surface area contributed by atoms with Crippen LogP contribution in [0.2, 0.25) is 0 Å². The van der Waals surface area contributed by atoms with Crippen LogP contribution in [0.1, 0.15) is 19.4 Å². The maximum atomic E-state index is 12.2. The van der Waals surface area contributed by atoms with Gasteiger partial charge in [-0.3, -0.25) is 9.69 Å². The summed E-state index contributed by atoms with van der Waals surface area (Å²) in [4.78, 5) is 16.6. The molecule has 3 rings (SSSR count). The first-order valence-corrected chi connectivity index (χ1v) is 7.34. The maximum absolute atomic E-state index is 12.2. The first-order valence-electron chi connectivity index (χ1n) is 7.34. The summed E-state index contributed by atoms with van der Waals surface area (Å²) < 4.78 is 5.73. The van der Waals surface area contributed by atoms with Crippen molar-refractivity contribution < 1.29 is 9.53 Å². The molecule has 0 bridgehead atoms. The van der Waals surface area contributed by atoms with E-state index in [0.29, 0.717) is 12.6 Å². The average Bonchev–Trinajstić information content (AvgIpc) is 2.88. The van der Waals surface area contributed by atoms with Crippen LogP contribution in [0, 0.1) is 0 Å². The van der Waals surface area contributed by atoms with Crippen molar-refractivity contribution >= 4 is 5.91 Å². The molecular formula is C16H22N2O2. The van der Waals surface area contributed by atoms with Gasteiger partial charge in [-0.1, -0.05) is 30.3 Å². The van der Waals surface area contributed by atoms with E-state index in [9.17, 15) is 4.79 Å². The number of carbonyl (C=O) groups is 1. The number of carbonyl (C=O) groups excluding carboxylic acids is 1. The van der Waals surface area contributed by atoms with Gasteiger partial charge in [0.1, 0.15) is 6.61 Å². The standard InChI is InChI=1S/C16H22N2O2/c1-12(2)17-9-14-15(10-17)20-11-16(19)18(14)8-13-6-4-3-5-7-13/h3-7,12,14-15H,8-11H2,1-2H3/t14-,15-/m0/s1. The van der Waals surface area contributed by atoms with Gasteiger partial charge in [-0.15, -0.1) is 0 Å². The first kappa shape index (κ1) is 13.6. The van der Waals surface area contributed by atoms with E-state index < -0.39 is 0 Å². The number of rotatable bonds is 3. The van der Waals surface area contributed by atoms with Crippen molar-refractivity contribution in [1.82, 2.24) is 9.80 Å². The highest BCUT2D eigenvalue weighted by Gasteiger charge is 2.43. The van der Waals surface area contributed by atoms with Crippen LogP contribution in [0.15, 0.2) is 30.3 Å². The summed E-state index contributed by atoms with van der Waals surface area (Å²) in [6.45, 7) is 7.15. The minimum atomic E-state index is 0.112. The molecule has 2 atom stereocenters. The van der Waals surface area contributed by atoms with Crippen molar-refractivity contribution in [3.05, 3.63) is 35.9 Å². The lowest BCUT2D eigenvalue weighted by molar-refractivity contribution is -0.153. The van der Waals surface area contributed by atoms with Crippen molar-refractivity contribution in [2.45, 2.75) is 38.6 Å².